The van der Waals surface area contributed by atoms with Gasteiger partial charge in [-0.25, -0.2) is 9.97 Å². The third-order valence-corrected chi connectivity index (χ3v) is 6.86. The first-order chi connectivity index (χ1) is 17.4. The molecule has 2 aliphatic rings. The summed E-state index contributed by atoms with van der Waals surface area (Å²) in [5.41, 5.74) is 2.61. The lowest BCUT2D eigenvalue weighted by Crippen LogP contribution is -2.57. The lowest BCUT2D eigenvalue weighted by Gasteiger charge is -2.42. The van der Waals surface area contributed by atoms with Gasteiger partial charge in [0.1, 0.15) is 5.75 Å². The van der Waals surface area contributed by atoms with E-state index in [1.54, 1.807) is 31.6 Å². The van der Waals surface area contributed by atoms with Crippen LogP contribution in [0.4, 0.5) is 11.6 Å². The number of hydrogen-bond donors (Lipinski definition) is 1. The predicted molar refractivity (Wildman–Crippen MR) is 137 cm³/mol. The number of nitrogens with zero attached hydrogens (tertiary/aromatic N) is 6. The Kier molecular flexibility index (Phi) is 7.08. The Bertz CT molecular complexity index is 1240. The number of ether oxygens (including phenoxy) is 2. The summed E-state index contributed by atoms with van der Waals surface area (Å²) < 4.78 is 12.7. The minimum Gasteiger partial charge on any atom is -0.495 e. The first-order valence-electron chi connectivity index (χ1n) is 12.1. The molecule has 1 N–H and O–H groups in total. The highest BCUT2D eigenvalue weighted by atomic mass is 35.5. The van der Waals surface area contributed by atoms with Crippen LogP contribution in [0.15, 0.2) is 36.8 Å². The largest absolute Gasteiger partial charge is 0.495 e. The molecule has 0 spiro atoms. The van der Waals surface area contributed by atoms with Crippen molar-refractivity contribution >= 4 is 29.1 Å². The summed E-state index contributed by atoms with van der Waals surface area (Å²) in [6, 6.07) is 6.07. The molecule has 36 heavy (non-hydrogen) atoms. The smallest absolute Gasteiger partial charge is 0.254 e. The van der Waals surface area contributed by atoms with Gasteiger partial charge in [-0.1, -0.05) is 11.6 Å². The van der Waals surface area contributed by atoms with Crippen LogP contribution in [-0.4, -0.2) is 88.0 Å². The maximum atomic E-state index is 13.1. The molecule has 11 heteroatoms. The standard InChI is InChI=1S/C25H30ClN7O3/c1-16(2)33-13-18(11-28-33)23-20(26)12-27-25(30-23)29-21-5-4-17(10-22(21)35-3)24(34)32-8-6-31(7-9-32)19-14-36-15-19/h4-5,10-13,16,19H,6-9,14-15H2,1-3H3,(H,27,29,30). The Morgan fingerprint density at radius 3 is 2.61 bits per heavy atom. The number of rotatable bonds is 7. The van der Waals surface area contributed by atoms with Crippen molar-refractivity contribution in [2.75, 3.05) is 51.8 Å². The molecular weight excluding hydrogens is 482 g/mol. The molecule has 3 aromatic rings. The van der Waals surface area contributed by atoms with Gasteiger partial charge in [-0.3, -0.25) is 14.4 Å². The maximum Gasteiger partial charge on any atom is 0.254 e. The number of piperazine rings is 1. The Labute approximate surface area is 215 Å². The van der Waals surface area contributed by atoms with Gasteiger partial charge in [0, 0.05) is 49.5 Å². The average molecular weight is 512 g/mol. The normalized spacial score (nSPS) is 16.8. The van der Waals surface area contributed by atoms with Crippen molar-refractivity contribution in [1.29, 1.82) is 0 Å². The van der Waals surface area contributed by atoms with Crippen LogP contribution in [0.5, 0.6) is 5.75 Å². The number of amides is 1. The number of hydrogen-bond acceptors (Lipinski definition) is 8. The van der Waals surface area contributed by atoms with E-state index in [9.17, 15) is 4.79 Å². The van der Waals surface area contributed by atoms with Gasteiger partial charge in [-0.05, 0) is 32.0 Å². The molecule has 0 bridgehead atoms. The van der Waals surface area contributed by atoms with E-state index in [-0.39, 0.29) is 11.9 Å². The Balaban J connectivity index is 1.30. The number of benzene rings is 1. The maximum absolute atomic E-state index is 13.1. The number of anilines is 2. The zero-order valence-corrected chi connectivity index (χ0v) is 21.4. The molecule has 1 amide bonds. The fourth-order valence-electron chi connectivity index (χ4n) is 4.33. The van der Waals surface area contributed by atoms with Crippen LogP contribution in [0.1, 0.15) is 30.2 Å². The van der Waals surface area contributed by atoms with Crippen LogP contribution in [0, 0.1) is 0 Å². The van der Waals surface area contributed by atoms with E-state index >= 15 is 0 Å². The van der Waals surface area contributed by atoms with Gasteiger partial charge in [-0.2, -0.15) is 5.10 Å². The molecule has 4 heterocycles. The monoisotopic (exact) mass is 511 g/mol. The summed E-state index contributed by atoms with van der Waals surface area (Å²) in [7, 11) is 1.57. The summed E-state index contributed by atoms with van der Waals surface area (Å²) in [5, 5.41) is 7.99. The summed E-state index contributed by atoms with van der Waals surface area (Å²) in [5.74, 6) is 0.885. The Hall–Kier alpha value is -3.21. The van der Waals surface area contributed by atoms with Crippen LogP contribution in [-0.2, 0) is 4.74 Å². The molecule has 2 aliphatic heterocycles. The van der Waals surface area contributed by atoms with Crippen molar-refractivity contribution in [3.05, 3.63) is 47.4 Å². The topological polar surface area (TPSA) is 97.6 Å². The summed E-state index contributed by atoms with van der Waals surface area (Å²) in [4.78, 5) is 26.3. The van der Waals surface area contributed by atoms with Crippen LogP contribution in [0.2, 0.25) is 5.02 Å². The van der Waals surface area contributed by atoms with E-state index < -0.39 is 0 Å². The average Bonchev–Trinajstić information content (AvgIpc) is 3.35. The number of carbonyl (C=O) groups excluding carboxylic acids is 1. The van der Waals surface area contributed by atoms with Crippen LogP contribution in [0.3, 0.4) is 0 Å². The number of carbonyl (C=O) groups is 1. The van der Waals surface area contributed by atoms with Crippen LogP contribution >= 0.6 is 11.6 Å². The lowest BCUT2D eigenvalue weighted by molar-refractivity contribution is -0.0746. The summed E-state index contributed by atoms with van der Waals surface area (Å²) in [6.07, 6.45) is 5.20. The van der Waals surface area contributed by atoms with Gasteiger partial charge in [-0.15, -0.1) is 0 Å². The van der Waals surface area contributed by atoms with E-state index in [0.29, 0.717) is 52.8 Å². The van der Waals surface area contributed by atoms with E-state index in [0.717, 1.165) is 31.9 Å². The van der Waals surface area contributed by atoms with Crippen molar-refractivity contribution in [2.45, 2.75) is 25.9 Å². The zero-order chi connectivity index (χ0) is 25.2. The van der Waals surface area contributed by atoms with E-state index in [2.05, 4.69) is 39.1 Å². The quantitative estimate of drug-likeness (QED) is 0.515. The van der Waals surface area contributed by atoms with Crippen molar-refractivity contribution < 1.29 is 14.3 Å². The van der Waals surface area contributed by atoms with Crippen LogP contribution < -0.4 is 10.1 Å². The van der Waals surface area contributed by atoms with Crippen molar-refractivity contribution in [3.8, 4) is 17.0 Å². The molecule has 0 atom stereocenters. The molecule has 2 saturated heterocycles. The van der Waals surface area contributed by atoms with Gasteiger partial charge >= 0.3 is 0 Å². The molecule has 0 saturated carbocycles. The number of nitrogens with one attached hydrogen (secondary N) is 1. The van der Waals surface area contributed by atoms with Gasteiger partial charge in [0.2, 0.25) is 5.95 Å². The minimum absolute atomic E-state index is 0.00319. The highest BCUT2D eigenvalue weighted by Gasteiger charge is 2.30. The van der Waals surface area contributed by atoms with Crippen molar-refractivity contribution in [2.24, 2.45) is 0 Å². The fourth-order valence-corrected chi connectivity index (χ4v) is 4.53. The molecule has 10 nitrogen and oxygen atoms in total. The van der Waals surface area contributed by atoms with Gasteiger partial charge < -0.3 is 19.7 Å². The predicted octanol–water partition coefficient (Wildman–Crippen LogP) is 3.48. The molecule has 190 valence electrons. The van der Waals surface area contributed by atoms with Crippen molar-refractivity contribution in [3.63, 3.8) is 0 Å². The number of halogens is 1. The molecule has 1 aromatic carbocycles. The lowest BCUT2D eigenvalue weighted by atomic mass is 10.1. The second kappa shape index (κ2) is 10.4. The zero-order valence-electron chi connectivity index (χ0n) is 20.6. The van der Waals surface area contributed by atoms with Crippen molar-refractivity contribution in [1.82, 2.24) is 29.5 Å². The molecule has 2 fully saturated rings. The first kappa shape index (κ1) is 24.5. The SMILES string of the molecule is COc1cc(C(=O)N2CCN(C3COC3)CC2)ccc1Nc1ncc(Cl)c(-c2cnn(C(C)C)c2)n1. The second-order valence-electron chi connectivity index (χ2n) is 9.25. The highest BCUT2D eigenvalue weighted by Crippen LogP contribution is 2.31. The first-order valence-corrected chi connectivity index (χ1v) is 12.4. The van der Waals surface area contributed by atoms with E-state index in [4.69, 9.17) is 21.1 Å². The third kappa shape index (κ3) is 5.02. The van der Waals surface area contributed by atoms with Gasteiger partial charge in [0.05, 0.1) is 55.2 Å². The van der Waals surface area contributed by atoms with E-state index in [1.807, 2.05) is 21.8 Å². The van der Waals surface area contributed by atoms with Gasteiger partial charge in [0.25, 0.3) is 5.91 Å². The highest BCUT2D eigenvalue weighted by molar-refractivity contribution is 6.32. The van der Waals surface area contributed by atoms with Crippen LogP contribution in [0.25, 0.3) is 11.3 Å². The third-order valence-electron chi connectivity index (χ3n) is 6.58. The Morgan fingerprint density at radius 1 is 1.19 bits per heavy atom. The number of methoxy groups -OCH3 is 1. The molecule has 0 radical (unpaired) electrons. The van der Waals surface area contributed by atoms with E-state index in [1.165, 1.54) is 0 Å². The molecule has 0 aliphatic carbocycles. The summed E-state index contributed by atoms with van der Waals surface area (Å²) in [6.45, 7) is 8.82. The number of aromatic nitrogens is 4. The molecule has 5 rings (SSSR count). The Morgan fingerprint density at radius 2 is 1.97 bits per heavy atom. The fraction of sp³-hybridized carbons (Fsp3) is 0.440. The molecule has 2 aromatic heterocycles. The summed E-state index contributed by atoms with van der Waals surface area (Å²) >= 11 is 6.38. The molecular formula is C25H30ClN7O3. The molecule has 0 unspecified atom stereocenters. The minimum atomic E-state index is -0.00319. The van der Waals surface area contributed by atoms with Gasteiger partial charge in [0.15, 0.2) is 0 Å². The second-order valence-corrected chi connectivity index (χ2v) is 9.66.